The Morgan fingerprint density at radius 1 is 1.20 bits per heavy atom. The van der Waals surface area contributed by atoms with Gasteiger partial charge in [0, 0.05) is 5.56 Å². The Morgan fingerprint density at radius 2 is 1.96 bits per heavy atom. The van der Waals surface area contributed by atoms with Gasteiger partial charge in [-0.1, -0.05) is 24.3 Å². The molecule has 0 radical (unpaired) electrons. The first-order valence-electron chi connectivity index (χ1n) is 8.29. The van der Waals surface area contributed by atoms with Crippen molar-refractivity contribution < 1.29 is 9.53 Å². The number of ether oxygens (including phenoxy) is 1. The minimum absolute atomic E-state index is 0.306. The van der Waals surface area contributed by atoms with Crippen LogP contribution in [0.4, 0.5) is 0 Å². The second-order valence-corrected chi connectivity index (χ2v) is 5.94. The molecule has 0 heterocycles. The van der Waals surface area contributed by atoms with Crippen LogP contribution >= 0.6 is 0 Å². The number of nitrogens with one attached hydrogen (secondary N) is 1. The summed E-state index contributed by atoms with van der Waals surface area (Å²) in [5, 5.41) is 13.1. The summed E-state index contributed by atoms with van der Waals surface area (Å²) in [5.74, 6) is 0.234. The number of rotatable bonds is 4. The molecule has 0 fully saturated rings. The highest BCUT2D eigenvalue weighted by Gasteiger charge is 2.17. The minimum atomic E-state index is -0.684. The molecule has 1 aliphatic rings. The van der Waals surface area contributed by atoms with E-state index in [4.69, 9.17) is 10.00 Å². The number of fused-ring (bicyclic) bond motifs is 1. The standard InChI is InChI=1S/C20H19N3O2/c1-14(25-17-11-9-15(13-21)10-12-17)20(24)23-22-19-8-4-6-16-5-2-3-7-18(16)19/h2-3,5,7,9-12,14H,4,6,8H2,1H3,(H,23,24)/b22-19-. The van der Waals surface area contributed by atoms with Crippen LogP contribution in [-0.2, 0) is 11.2 Å². The van der Waals surface area contributed by atoms with Crippen LogP contribution in [0.25, 0.3) is 0 Å². The van der Waals surface area contributed by atoms with Gasteiger partial charge in [0.15, 0.2) is 6.10 Å². The van der Waals surface area contributed by atoms with Crippen LogP contribution in [0.1, 0.15) is 36.5 Å². The van der Waals surface area contributed by atoms with Crippen molar-refractivity contribution in [1.29, 1.82) is 5.26 Å². The van der Waals surface area contributed by atoms with Crippen LogP contribution in [0.5, 0.6) is 5.75 Å². The Balaban J connectivity index is 1.63. The van der Waals surface area contributed by atoms with E-state index in [1.165, 1.54) is 5.56 Å². The Labute approximate surface area is 146 Å². The SMILES string of the molecule is CC(Oc1ccc(C#N)cc1)C(=O)N/N=C1/CCCc2ccccc21. The Morgan fingerprint density at radius 3 is 2.72 bits per heavy atom. The molecule has 5 heteroatoms. The molecule has 0 spiro atoms. The maximum atomic E-state index is 12.2. The largest absolute Gasteiger partial charge is 0.481 e. The summed E-state index contributed by atoms with van der Waals surface area (Å²) in [4.78, 5) is 12.2. The summed E-state index contributed by atoms with van der Waals surface area (Å²) in [6.07, 6.45) is 2.24. The fourth-order valence-corrected chi connectivity index (χ4v) is 2.80. The molecule has 126 valence electrons. The van der Waals surface area contributed by atoms with E-state index in [0.29, 0.717) is 11.3 Å². The lowest BCUT2D eigenvalue weighted by Gasteiger charge is -2.18. The van der Waals surface area contributed by atoms with Gasteiger partial charge in [-0.2, -0.15) is 10.4 Å². The summed E-state index contributed by atoms with van der Waals surface area (Å²) >= 11 is 0. The summed E-state index contributed by atoms with van der Waals surface area (Å²) in [5.41, 5.74) is 6.43. The lowest BCUT2D eigenvalue weighted by molar-refractivity contribution is -0.127. The molecule has 3 rings (SSSR count). The highest BCUT2D eigenvalue weighted by molar-refractivity contribution is 6.03. The predicted molar refractivity (Wildman–Crippen MR) is 95.3 cm³/mol. The van der Waals surface area contributed by atoms with Gasteiger partial charge in [-0.3, -0.25) is 4.79 Å². The summed E-state index contributed by atoms with van der Waals surface area (Å²) in [7, 11) is 0. The molecule has 1 N–H and O–H groups in total. The molecular weight excluding hydrogens is 314 g/mol. The number of hydrogen-bond donors (Lipinski definition) is 1. The van der Waals surface area contributed by atoms with Crippen molar-refractivity contribution in [2.45, 2.75) is 32.3 Å². The van der Waals surface area contributed by atoms with E-state index in [-0.39, 0.29) is 5.91 Å². The van der Waals surface area contributed by atoms with Crippen LogP contribution in [0.15, 0.2) is 53.6 Å². The van der Waals surface area contributed by atoms with E-state index in [1.807, 2.05) is 24.3 Å². The topological polar surface area (TPSA) is 74.5 Å². The van der Waals surface area contributed by atoms with Gasteiger partial charge in [-0.15, -0.1) is 0 Å². The summed E-state index contributed by atoms with van der Waals surface area (Å²) in [6.45, 7) is 1.67. The molecule has 2 aromatic carbocycles. The second-order valence-electron chi connectivity index (χ2n) is 5.94. The maximum absolute atomic E-state index is 12.2. The number of nitrogens with zero attached hydrogens (tertiary/aromatic N) is 2. The smallest absolute Gasteiger partial charge is 0.280 e. The zero-order valence-corrected chi connectivity index (χ0v) is 14.0. The van der Waals surface area contributed by atoms with Gasteiger partial charge in [0.2, 0.25) is 0 Å². The number of amides is 1. The molecule has 0 saturated carbocycles. The van der Waals surface area contributed by atoms with Crippen LogP contribution < -0.4 is 10.2 Å². The van der Waals surface area contributed by atoms with E-state index in [1.54, 1.807) is 31.2 Å². The van der Waals surface area contributed by atoms with Crippen molar-refractivity contribution in [3.63, 3.8) is 0 Å². The van der Waals surface area contributed by atoms with Crippen molar-refractivity contribution in [2.75, 3.05) is 0 Å². The zero-order valence-electron chi connectivity index (χ0n) is 14.0. The van der Waals surface area contributed by atoms with E-state index in [0.717, 1.165) is 30.5 Å². The molecule has 2 aromatic rings. The first-order valence-corrected chi connectivity index (χ1v) is 8.29. The van der Waals surface area contributed by atoms with Crippen molar-refractivity contribution in [3.05, 3.63) is 65.2 Å². The fraction of sp³-hybridized carbons (Fsp3) is 0.250. The molecule has 0 aromatic heterocycles. The van der Waals surface area contributed by atoms with E-state index in [2.05, 4.69) is 16.6 Å². The first kappa shape index (κ1) is 16.7. The molecule has 1 unspecified atom stereocenters. The van der Waals surface area contributed by atoms with Gasteiger partial charge in [0.05, 0.1) is 17.3 Å². The van der Waals surface area contributed by atoms with Gasteiger partial charge in [0.1, 0.15) is 5.75 Å². The van der Waals surface area contributed by atoms with Crippen molar-refractivity contribution >= 4 is 11.6 Å². The molecule has 0 bridgehead atoms. The van der Waals surface area contributed by atoms with E-state index >= 15 is 0 Å². The second kappa shape index (κ2) is 7.63. The molecule has 0 aliphatic heterocycles. The highest BCUT2D eigenvalue weighted by atomic mass is 16.5. The van der Waals surface area contributed by atoms with Gasteiger partial charge in [-0.25, -0.2) is 5.43 Å². The number of carbonyl (C=O) groups is 1. The fourth-order valence-electron chi connectivity index (χ4n) is 2.80. The number of hydrazone groups is 1. The van der Waals surface area contributed by atoms with Gasteiger partial charge >= 0.3 is 0 Å². The van der Waals surface area contributed by atoms with Crippen LogP contribution in [0, 0.1) is 11.3 Å². The third-order valence-corrected chi connectivity index (χ3v) is 4.15. The summed E-state index contributed by atoms with van der Waals surface area (Å²) < 4.78 is 5.59. The third kappa shape index (κ3) is 4.04. The van der Waals surface area contributed by atoms with Crippen molar-refractivity contribution in [1.82, 2.24) is 5.43 Å². The molecule has 5 nitrogen and oxygen atoms in total. The lowest BCUT2D eigenvalue weighted by Crippen LogP contribution is -2.34. The van der Waals surface area contributed by atoms with Crippen LogP contribution in [0.2, 0.25) is 0 Å². The number of benzene rings is 2. The molecule has 25 heavy (non-hydrogen) atoms. The molecule has 0 saturated heterocycles. The van der Waals surface area contributed by atoms with Crippen molar-refractivity contribution in [2.24, 2.45) is 5.10 Å². The lowest BCUT2D eigenvalue weighted by atomic mass is 9.90. The third-order valence-electron chi connectivity index (χ3n) is 4.15. The number of hydrogen-bond acceptors (Lipinski definition) is 4. The Hall–Kier alpha value is -3.13. The quantitative estimate of drug-likeness (QED) is 0.873. The molecule has 1 atom stereocenters. The van der Waals surface area contributed by atoms with Gasteiger partial charge < -0.3 is 4.74 Å². The van der Waals surface area contributed by atoms with Crippen LogP contribution in [0.3, 0.4) is 0 Å². The number of nitriles is 1. The summed E-state index contributed by atoms with van der Waals surface area (Å²) in [6, 6.07) is 16.8. The molecule has 1 aliphatic carbocycles. The zero-order chi connectivity index (χ0) is 17.6. The Kier molecular flexibility index (Phi) is 5.10. The monoisotopic (exact) mass is 333 g/mol. The average molecular weight is 333 g/mol. The predicted octanol–water partition coefficient (Wildman–Crippen LogP) is 3.18. The first-order chi connectivity index (χ1) is 12.2. The van der Waals surface area contributed by atoms with Gasteiger partial charge in [-0.05, 0) is 56.0 Å². The molecular formula is C20H19N3O2. The maximum Gasteiger partial charge on any atom is 0.280 e. The normalized spacial score (nSPS) is 15.8. The van der Waals surface area contributed by atoms with Gasteiger partial charge in [0.25, 0.3) is 5.91 Å². The van der Waals surface area contributed by atoms with E-state index in [9.17, 15) is 4.79 Å². The van der Waals surface area contributed by atoms with Crippen molar-refractivity contribution in [3.8, 4) is 11.8 Å². The molecule has 1 amide bonds. The highest BCUT2D eigenvalue weighted by Crippen LogP contribution is 2.21. The van der Waals surface area contributed by atoms with Crippen LogP contribution in [-0.4, -0.2) is 17.7 Å². The van der Waals surface area contributed by atoms with E-state index < -0.39 is 6.10 Å². The minimum Gasteiger partial charge on any atom is -0.481 e. The number of aryl methyl sites for hydroxylation is 1. The Bertz CT molecular complexity index is 835. The average Bonchev–Trinajstić information content (AvgIpc) is 2.66. The number of carbonyl (C=O) groups excluding carboxylic acids is 1.